The van der Waals surface area contributed by atoms with E-state index in [0.29, 0.717) is 11.3 Å². The third kappa shape index (κ3) is 4.10. The van der Waals surface area contributed by atoms with Gasteiger partial charge in [0.25, 0.3) is 0 Å². The van der Waals surface area contributed by atoms with Crippen molar-refractivity contribution in [2.45, 2.75) is 38.0 Å². The van der Waals surface area contributed by atoms with E-state index < -0.39 is 29.3 Å². The van der Waals surface area contributed by atoms with Crippen molar-refractivity contribution >= 4 is 33.7 Å². The molecule has 34 heavy (non-hydrogen) atoms. The maximum Gasteiger partial charge on any atom is 0.415 e. The van der Waals surface area contributed by atoms with Crippen LogP contribution in [0.1, 0.15) is 37.9 Å². The molecule has 7 heteroatoms. The Balaban J connectivity index is 2.04. The van der Waals surface area contributed by atoms with Gasteiger partial charge in [0, 0.05) is 10.0 Å². The molecular formula is C27H26BrNO5. The standard InChI is InChI=1S/C27H26BrNO5/c1-26(2,3)34-25(31)29-22-12-8-7-10-20(22)19-9-5-6-11-21(19)23(29)27(32,24(30)33-4)17-13-15-18(28)16-14-17/h5-16,23,32H,1-4H3/t23?,27-/m0/s1. The quantitative estimate of drug-likeness (QED) is 0.427. The number of halogens is 1. The molecule has 0 saturated carbocycles. The summed E-state index contributed by atoms with van der Waals surface area (Å²) in [7, 11) is 1.21. The molecule has 1 unspecified atom stereocenters. The molecule has 4 rings (SSSR count). The highest BCUT2D eigenvalue weighted by atomic mass is 79.9. The number of methoxy groups -OCH3 is 1. The van der Waals surface area contributed by atoms with Crippen LogP contribution in [0.4, 0.5) is 10.5 Å². The van der Waals surface area contributed by atoms with Gasteiger partial charge >= 0.3 is 12.1 Å². The van der Waals surface area contributed by atoms with Crippen molar-refractivity contribution in [1.29, 1.82) is 0 Å². The largest absolute Gasteiger partial charge is 0.467 e. The number of fused-ring (bicyclic) bond motifs is 3. The molecule has 0 aromatic heterocycles. The first-order chi connectivity index (χ1) is 16.1. The van der Waals surface area contributed by atoms with E-state index in [4.69, 9.17) is 9.47 Å². The third-order valence-electron chi connectivity index (χ3n) is 5.73. The number of hydrogen-bond donors (Lipinski definition) is 1. The maximum atomic E-state index is 13.7. The minimum Gasteiger partial charge on any atom is -0.467 e. The number of nitrogens with zero attached hydrogens (tertiary/aromatic N) is 1. The summed E-state index contributed by atoms with van der Waals surface area (Å²) in [4.78, 5) is 28.4. The number of hydrogen-bond acceptors (Lipinski definition) is 5. The van der Waals surface area contributed by atoms with E-state index in [2.05, 4.69) is 15.9 Å². The van der Waals surface area contributed by atoms with Crippen molar-refractivity contribution in [3.05, 3.63) is 88.4 Å². The lowest BCUT2D eigenvalue weighted by atomic mass is 9.76. The first-order valence-corrected chi connectivity index (χ1v) is 11.6. The van der Waals surface area contributed by atoms with Crippen molar-refractivity contribution in [2.24, 2.45) is 0 Å². The molecule has 1 N–H and O–H groups in total. The van der Waals surface area contributed by atoms with Gasteiger partial charge in [0.05, 0.1) is 12.8 Å². The lowest BCUT2D eigenvalue weighted by molar-refractivity contribution is -0.166. The summed E-state index contributed by atoms with van der Waals surface area (Å²) < 4.78 is 11.6. The molecule has 0 saturated heterocycles. The van der Waals surface area contributed by atoms with Crippen LogP contribution < -0.4 is 4.90 Å². The number of carbonyl (C=O) groups is 2. The molecule has 0 spiro atoms. The average Bonchev–Trinajstić information content (AvgIpc) is 2.81. The second-order valence-corrected chi connectivity index (χ2v) is 10.0. The summed E-state index contributed by atoms with van der Waals surface area (Å²) in [5.41, 5.74) is -0.00603. The number of anilines is 1. The zero-order valence-electron chi connectivity index (χ0n) is 19.4. The van der Waals surface area contributed by atoms with Gasteiger partial charge < -0.3 is 14.6 Å². The zero-order valence-corrected chi connectivity index (χ0v) is 21.0. The Hall–Kier alpha value is -3.16. The molecule has 0 bridgehead atoms. The van der Waals surface area contributed by atoms with Crippen LogP contribution in [0.2, 0.25) is 0 Å². The number of amides is 1. The van der Waals surface area contributed by atoms with E-state index in [0.717, 1.165) is 15.6 Å². The summed E-state index contributed by atoms with van der Waals surface area (Å²) in [6.45, 7) is 5.31. The van der Waals surface area contributed by atoms with Crippen LogP contribution >= 0.6 is 15.9 Å². The molecule has 0 fully saturated rings. The van der Waals surface area contributed by atoms with Gasteiger partial charge in [0.2, 0.25) is 5.60 Å². The first-order valence-electron chi connectivity index (χ1n) is 10.9. The Morgan fingerprint density at radius 3 is 2.12 bits per heavy atom. The zero-order chi connectivity index (χ0) is 24.7. The van der Waals surface area contributed by atoms with E-state index in [9.17, 15) is 14.7 Å². The molecular weight excluding hydrogens is 498 g/mol. The average molecular weight is 524 g/mol. The minimum absolute atomic E-state index is 0.287. The van der Waals surface area contributed by atoms with E-state index in [-0.39, 0.29) is 5.56 Å². The second kappa shape index (κ2) is 8.89. The van der Waals surface area contributed by atoms with Crippen molar-refractivity contribution in [3.8, 4) is 11.1 Å². The highest BCUT2D eigenvalue weighted by Gasteiger charge is 2.55. The number of para-hydroxylation sites is 1. The van der Waals surface area contributed by atoms with Crippen LogP contribution in [0.25, 0.3) is 11.1 Å². The molecule has 1 heterocycles. The van der Waals surface area contributed by atoms with Crippen LogP contribution in [0.5, 0.6) is 0 Å². The Labute approximate surface area is 207 Å². The molecule has 176 valence electrons. The van der Waals surface area contributed by atoms with Gasteiger partial charge in [0.15, 0.2) is 0 Å². The van der Waals surface area contributed by atoms with Gasteiger partial charge in [-0.15, -0.1) is 0 Å². The summed E-state index contributed by atoms with van der Waals surface area (Å²) in [6, 6.07) is 20.3. The lowest BCUT2D eigenvalue weighted by Gasteiger charge is -2.45. The Morgan fingerprint density at radius 2 is 1.50 bits per heavy atom. The smallest absolute Gasteiger partial charge is 0.415 e. The van der Waals surface area contributed by atoms with Crippen LogP contribution in [0.3, 0.4) is 0 Å². The van der Waals surface area contributed by atoms with Gasteiger partial charge in [-0.2, -0.15) is 0 Å². The molecule has 0 aliphatic carbocycles. The van der Waals surface area contributed by atoms with Gasteiger partial charge in [-0.05, 0) is 55.7 Å². The second-order valence-electron chi connectivity index (χ2n) is 9.12. The summed E-state index contributed by atoms with van der Waals surface area (Å²) in [5.74, 6) is -0.887. The molecule has 1 aliphatic heterocycles. The van der Waals surface area contributed by atoms with Crippen molar-refractivity contribution < 1.29 is 24.2 Å². The summed E-state index contributed by atoms with van der Waals surface area (Å²) >= 11 is 3.40. The molecule has 6 nitrogen and oxygen atoms in total. The number of benzene rings is 3. The van der Waals surface area contributed by atoms with E-state index in [1.807, 2.05) is 30.3 Å². The third-order valence-corrected chi connectivity index (χ3v) is 6.26. The fraction of sp³-hybridized carbons (Fsp3) is 0.259. The molecule has 2 atom stereocenters. The van der Waals surface area contributed by atoms with Crippen LogP contribution in [0, 0.1) is 0 Å². The SMILES string of the molecule is COC(=O)[C@](O)(c1ccc(Br)cc1)C1c2ccccc2-c2ccccc2N1C(=O)OC(C)(C)C. The molecule has 0 radical (unpaired) electrons. The lowest BCUT2D eigenvalue weighted by Crippen LogP contribution is -2.54. The Kier molecular flexibility index (Phi) is 6.27. The van der Waals surface area contributed by atoms with Gasteiger partial charge in [-0.1, -0.05) is 70.5 Å². The molecule has 1 aliphatic rings. The number of ether oxygens (including phenoxy) is 2. The summed E-state index contributed by atoms with van der Waals surface area (Å²) in [6.07, 6.45) is -0.682. The fourth-order valence-electron chi connectivity index (χ4n) is 4.34. The predicted molar refractivity (Wildman–Crippen MR) is 133 cm³/mol. The fourth-order valence-corrected chi connectivity index (χ4v) is 4.61. The Morgan fingerprint density at radius 1 is 0.912 bits per heavy atom. The normalized spacial score (nSPS) is 16.6. The topological polar surface area (TPSA) is 76.1 Å². The van der Waals surface area contributed by atoms with E-state index in [1.165, 1.54) is 12.0 Å². The van der Waals surface area contributed by atoms with Crippen molar-refractivity contribution in [3.63, 3.8) is 0 Å². The maximum absolute atomic E-state index is 13.7. The molecule has 1 amide bonds. The monoisotopic (exact) mass is 523 g/mol. The number of carbonyl (C=O) groups excluding carboxylic acids is 2. The number of esters is 1. The van der Waals surface area contributed by atoms with Gasteiger partial charge in [-0.3, -0.25) is 4.90 Å². The number of rotatable bonds is 3. The highest BCUT2D eigenvalue weighted by molar-refractivity contribution is 9.10. The Bertz CT molecular complexity index is 1230. The van der Waals surface area contributed by atoms with Gasteiger partial charge in [0.1, 0.15) is 11.6 Å². The van der Waals surface area contributed by atoms with E-state index in [1.54, 1.807) is 63.2 Å². The minimum atomic E-state index is -2.23. The van der Waals surface area contributed by atoms with Crippen LogP contribution in [0.15, 0.2) is 77.3 Å². The van der Waals surface area contributed by atoms with Crippen LogP contribution in [-0.4, -0.2) is 29.9 Å². The van der Waals surface area contributed by atoms with Gasteiger partial charge in [-0.25, -0.2) is 9.59 Å². The predicted octanol–water partition coefficient (Wildman–Crippen LogP) is 5.97. The number of aliphatic hydroxyl groups is 1. The molecule has 3 aromatic carbocycles. The van der Waals surface area contributed by atoms with Crippen molar-refractivity contribution in [2.75, 3.05) is 12.0 Å². The molecule has 3 aromatic rings. The van der Waals surface area contributed by atoms with E-state index >= 15 is 0 Å². The summed E-state index contributed by atoms with van der Waals surface area (Å²) in [5, 5.41) is 12.2. The van der Waals surface area contributed by atoms with Crippen LogP contribution in [-0.2, 0) is 19.9 Å². The highest BCUT2D eigenvalue weighted by Crippen LogP contribution is 2.52. The van der Waals surface area contributed by atoms with Crippen molar-refractivity contribution in [1.82, 2.24) is 0 Å². The first kappa shape index (κ1) is 24.0.